The summed E-state index contributed by atoms with van der Waals surface area (Å²) in [6.07, 6.45) is 0. The molecule has 0 atom stereocenters. The van der Waals surface area contributed by atoms with Crippen LogP contribution < -0.4 is 5.32 Å². The van der Waals surface area contributed by atoms with Gasteiger partial charge in [0.1, 0.15) is 16.8 Å². The zero-order chi connectivity index (χ0) is 13.1. The third kappa shape index (κ3) is 2.92. The monoisotopic (exact) mass is 267 g/mol. The summed E-state index contributed by atoms with van der Waals surface area (Å²) < 4.78 is 12.7. The van der Waals surface area contributed by atoms with Gasteiger partial charge in [-0.05, 0) is 24.3 Å². The lowest BCUT2D eigenvalue weighted by Gasteiger charge is -2.05. The van der Waals surface area contributed by atoms with E-state index in [0.29, 0.717) is 5.69 Å². The molecule has 0 aliphatic rings. The van der Waals surface area contributed by atoms with Crippen LogP contribution in [0.3, 0.4) is 0 Å². The van der Waals surface area contributed by atoms with Gasteiger partial charge in [0, 0.05) is 5.69 Å². The van der Waals surface area contributed by atoms with Gasteiger partial charge < -0.3 is 5.32 Å². The molecule has 2 aromatic rings. The number of hydrogen-bond acceptors (Lipinski definition) is 4. The van der Waals surface area contributed by atoms with Crippen LogP contribution in [0.1, 0.15) is 0 Å². The molecule has 1 aromatic carbocycles. The molecule has 0 spiro atoms. The van der Waals surface area contributed by atoms with Crippen molar-refractivity contribution in [2.24, 2.45) is 0 Å². The lowest BCUT2D eigenvalue weighted by atomic mass is 10.3. The minimum atomic E-state index is -0.566. The maximum Gasteiger partial charge on any atom is 0.276 e. The molecule has 0 saturated heterocycles. The Morgan fingerprint density at radius 3 is 2.56 bits per heavy atom. The van der Waals surface area contributed by atoms with E-state index in [2.05, 4.69) is 10.3 Å². The molecule has 2 rings (SSSR count). The maximum atomic E-state index is 12.7. The fraction of sp³-hybridized carbons (Fsp3) is 0. The number of halogens is 2. The molecule has 7 heteroatoms. The molecule has 0 radical (unpaired) electrons. The van der Waals surface area contributed by atoms with Crippen LogP contribution >= 0.6 is 11.6 Å². The predicted octanol–water partition coefficient (Wildman–Crippen LogP) is 3.53. The van der Waals surface area contributed by atoms with Gasteiger partial charge in [-0.25, -0.2) is 9.37 Å². The molecule has 0 aliphatic carbocycles. The van der Waals surface area contributed by atoms with Gasteiger partial charge in [0.05, 0.1) is 17.1 Å². The topological polar surface area (TPSA) is 68.1 Å². The Hall–Kier alpha value is -2.21. The number of aromatic nitrogens is 1. The number of nitrogens with zero attached hydrogens (tertiary/aromatic N) is 2. The van der Waals surface area contributed by atoms with Crippen molar-refractivity contribution >= 4 is 28.8 Å². The van der Waals surface area contributed by atoms with Gasteiger partial charge in [-0.15, -0.1) is 0 Å². The summed E-state index contributed by atoms with van der Waals surface area (Å²) in [4.78, 5) is 14.0. The van der Waals surface area contributed by atoms with E-state index < -0.39 is 4.92 Å². The van der Waals surface area contributed by atoms with Crippen molar-refractivity contribution in [2.75, 3.05) is 5.32 Å². The zero-order valence-electron chi connectivity index (χ0n) is 8.93. The first-order chi connectivity index (χ1) is 8.54. The van der Waals surface area contributed by atoms with E-state index in [9.17, 15) is 14.5 Å². The first kappa shape index (κ1) is 12.3. The van der Waals surface area contributed by atoms with Crippen LogP contribution in [0.5, 0.6) is 0 Å². The van der Waals surface area contributed by atoms with Gasteiger partial charge in [-0.3, -0.25) is 10.1 Å². The lowest BCUT2D eigenvalue weighted by Crippen LogP contribution is -1.96. The van der Waals surface area contributed by atoms with Crippen LogP contribution in [0.2, 0.25) is 5.15 Å². The van der Waals surface area contributed by atoms with Gasteiger partial charge in [-0.1, -0.05) is 11.6 Å². The molecule has 0 unspecified atom stereocenters. The molecule has 0 saturated carbocycles. The molecule has 92 valence electrons. The Kier molecular flexibility index (Phi) is 3.38. The minimum absolute atomic E-state index is 0.00816. The fourth-order valence-electron chi connectivity index (χ4n) is 1.33. The first-order valence-electron chi connectivity index (χ1n) is 4.89. The van der Waals surface area contributed by atoms with E-state index in [1.165, 1.54) is 30.3 Å². The number of anilines is 2. The number of nitrogens with one attached hydrogen (secondary N) is 1. The number of nitro groups is 1. The van der Waals surface area contributed by atoms with Crippen LogP contribution in [0.4, 0.5) is 21.6 Å². The molecule has 1 aromatic heterocycles. The summed E-state index contributed by atoms with van der Waals surface area (Å²) in [5, 5.41) is 13.5. The predicted molar refractivity (Wildman–Crippen MR) is 65.6 cm³/mol. The molecule has 18 heavy (non-hydrogen) atoms. The van der Waals surface area contributed by atoms with Crippen LogP contribution in [-0.2, 0) is 0 Å². The lowest BCUT2D eigenvalue weighted by molar-refractivity contribution is -0.384. The Morgan fingerprint density at radius 2 is 1.94 bits per heavy atom. The summed E-state index contributed by atoms with van der Waals surface area (Å²) in [5.41, 5.74) is 0.389. The third-order valence-corrected chi connectivity index (χ3v) is 2.30. The number of benzene rings is 1. The second-order valence-corrected chi connectivity index (χ2v) is 3.81. The van der Waals surface area contributed by atoms with Crippen LogP contribution in [0.25, 0.3) is 0 Å². The molecule has 0 bridgehead atoms. The third-order valence-electron chi connectivity index (χ3n) is 2.11. The van der Waals surface area contributed by atoms with Gasteiger partial charge in [-0.2, -0.15) is 0 Å². The quantitative estimate of drug-likeness (QED) is 0.525. The minimum Gasteiger partial charge on any atom is -0.340 e. The number of pyridine rings is 1. The first-order valence-corrected chi connectivity index (χ1v) is 5.27. The zero-order valence-corrected chi connectivity index (χ0v) is 9.69. The highest BCUT2D eigenvalue weighted by Gasteiger charge is 2.10. The van der Waals surface area contributed by atoms with E-state index in [0.717, 1.165) is 6.07 Å². The normalized spacial score (nSPS) is 10.1. The summed E-state index contributed by atoms with van der Waals surface area (Å²) in [6, 6.07) is 7.91. The van der Waals surface area contributed by atoms with Crippen molar-refractivity contribution in [2.45, 2.75) is 0 Å². The van der Waals surface area contributed by atoms with Gasteiger partial charge in [0.25, 0.3) is 5.69 Å². The highest BCUT2D eigenvalue weighted by atomic mass is 35.5. The van der Waals surface area contributed by atoms with Crippen LogP contribution in [-0.4, -0.2) is 9.91 Å². The summed E-state index contributed by atoms with van der Waals surface area (Å²) in [6.45, 7) is 0. The Bertz CT molecular complexity index is 589. The van der Waals surface area contributed by atoms with Crippen molar-refractivity contribution in [1.29, 1.82) is 0 Å². The van der Waals surface area contributed by atoms with Crippen molar-refractivity contribution in [3.05, 3.63) is 57.5 Å². The molecule has 1 heterocycles. The highest BCUT2D eigenvalue weighted by molar-refractivity contribution is 6.29. The maximum absolute atomic E-state index is 12.7. The van der Waals surface area contributed by atoms with Crippen LogP contribution in [0, 0.1) is 15.9 Å². The molecule has 0 fully saturated rings. The molecular formula is C11H7ClFN3O2. The SMILES string of the molecule is O=[N+]([O-])c1cc(Cl)nc(Nc2ccc(F)cc2)c1. The standard InChI is InChI=1S/C11H7ClFN3O2/c12-10-5-9(16(17)18)6-11(15-10)14-8-3-1-7(13)2-4-8/h1-6H,(H,14,15). The number of hydrogen-bond donors (Lipinski definition) is 1. The Balaban J connectivity index is 2.28. The van der Waals surface area contributed by atoms with E-state index in [1.807, 2.05) is 0 Å². The summed E-state index contributed by atoms with van der Waals surface area (Å²) in [5.74, 6) is -0.147. The molecule has 0 amide bonds. The van der Waals surface area contributed by atoms with E-state index in [4.69, 9.17) is 11.6 Å². The van der Waals surface area contributed by atoms with Gasteiger partial charge >= 0.3 is 0 Å². The van der Waals surface area contributed by atoms with Gasteiger partial charge in [0.15, 0.2) is 0 Å². The Labute approximate surface area is 106 Å². The Morgan fingerprint density at radius 1 is 1.28 bits per heavy atom. The van der Waals surface area contributed by atoms with E-state index in [1.54, 1.807) is 0 Å². The smallest absolute Gasteiger partial charge is 0.276 e. The van der Waals surface area contributed by atoms with Crippen molar-refractivity contribution in [1.82, 2.24) is 4.98 Å². The van der Waals surface area contributed by atoms with Gasteiger partial charge in [0.2, 0.25) is 0 Å². The van der Waals surface area contributed by atoms with Crippen molar-refractivity contribution < 1.29 is 9.31 Å². The summed E-state index contributed by atoms with van der Waals surface area (Å²) in [7, 11) is 0. The van der Waals surface area contributed by atoms with Crippen LogP contribution in [0.15, 0.2) is 36.4 Å². The molecule has 0 aliphatic heterocycles. The average molecular weight is 268 g/mol. The van der Waals surface area contributed by atoms with Crippen molar-refractivity contribution in [3.63, 3.8) is 0 Å². The summed E-state index contributed by atoms with van der Waals surface area (Å²) >= 11 is 5.67. The molecule has 1 N–H and O–H groups in total. The highest BCUT2D eigenvalue weighted by Crippen LogP contribution is 2.23. The second-order valence-electron chi connectivity index (χ2n) is 3.42. The number of rotatable bonds is 3. The molecular weight excluding hydrogens is 261 g/mol. The largest absolute Gasteiger partial charge is 0.340 e. The average Bonchev–Trinajstić information content (AvgIpc) is 2.31. The molecule has 5 nitrogen and oxygen atoms in total. The van der Waals surface area contributed by atoms with Crippen molar-refractivity contribution in [3.8, 4) is 0 Å². The van der Waals surface area contributed by atoms with E-state index >= 15 is 0 Å². The second kappa shape index (κ2) is 4.97. The van der Waals surface area contributed by atoms with E-state index in [-0.39, 0.29) is 22.5 Å². The fourth-order valence-corrected chi connectivity index (χ4v) is 1.54.